The highest BCUT2D eigenvalue weighted by Crippen LogP contribution is 2.35. The SMILES string of the molecule is C=C(/C=C(\N=C(/C)c1cc(-c2ccccc2)cc(-c2ccc(-c3ccccc3)cc2)c1)c1ccccc1)c1cc(-c2ccccc2)cc(-c2ccc(-c3ccccc3)cc2)c1. The maximum Gasteiger partial charge on any atom is 0.0711 e. The summed E-state index contributed by atoms with van der Waals surface area (Å²) in [7, 11) is 0. The number of benzene rings is 9. The lowest BCUT2D eigenvalue weighted by molar-refractivity contribution is 1.46. The van der Waals surface area contributed by atoms with Crippen LogP contribution in [0.25, 0.3) is 78.0 Å². The molecule has 0 bridgehead atoms. The van der Waals surface area contributed by atoms with Crippen molar-refractivity contribution in [1.82, 2.24) is 0 Å². The minimum Gasteiger partial charge on any atom is -0.252 e. The van der Waals surface area contributed by atoms with Crippen molar-refractivity contribution in [2.75, 3.05) is 0 Å². The normalized spacial score (nSPS) is 11.6. The Bertz CT molecular complexity index is 2960. The predicted molar refractivity (Wildman–Crippen MR) is 261 cm³/mol. The molecule has 9 rings (SSSR count). The average molecular weight is 780 g/mol. The van der Waals surface area contributed by atoms with Crippen LogP contribution >= 0.6 is 0 Å². The van der Waals surface area contributed by atoms with Crippen molar-refractivity contribution >= 4 is 17.0 Å². The molecule has 0 saturated heterocycles. The third-order valence-electron chi connectivity index (χ3n) is 11.2. The lowest BCUT2D eigenvalue weighted by atomic mass is 9.92. The van der Waals surface area contributed by atoms with E-state index in [2.05, 4.69) is 250 Å². The summed E-state index contributed by atoms with van der Waals surface area (Å²) in [5.41, 5.74) is 19.7. The van der Waals surface area contributed by atoms with Crippen molar-refractivity contribution in [3.05, 3.63) is 266 Å². The molecule has 1 nitrogen and oxygen atoms in total. The van der Waals surface area contributed by atoms with E-state index in [9.17, 15) is 0 Å². The minimum atomic E-state index is 0.848. The summed E-state index contributed by atoms with van der Waals surface area (Å²) in [5.74, 6) is 0. The zero-order valence-corrected chi connectivity index (χ0v) is 34.2. The molecule has 0 aliphatic heterocycles. The van der Waals surface area contributed by atoms with Crippen LogP contribution < -0.4 is 0 Å². The van der Waals surface area contributed by atoms with Gasteiger partial charge in [0.2, 0.25) is 0 Å². The molecule has 0 radical (unpaired) electrons. The molecule has 0 N–H and O–H groups in total. The summed E-state index contributed by atoms with van der Waals surface area (Å²) < 4.78 is 0. The fourth-order valence-corrected chi connectivity index (χ4v) is 7.83. The highest BCUT2D eigenvalue weighted by atomic mass is 14.8. The highest BCUT2D eigenvalue weighted by molar-refractivity contribution is 6.04. The van der Waals surface area contributed by atoms with Crippen molar-refractivity contribution in [2.24, 2.45) is 4.99 Å². The van der Waals surface area contributed by atoms with Gasteiger partial charge in [-0.25, -0.2) is 0 Å². The Morgan fingerprint density at radius 2 is 0.590 bits per heavy atom. The number of aliphatic imine (C=N–C) groups is 1. The molecule has 1 heteroatoms. The second-order valence-electron chi connectivity index (χ2n) is 15.3. The molecule has 0 aromatic heterocycles. The first kappa shape index (κ1) is 38.6. The van der Waals surface area contributed by atoms with Gasteiger partial charge < -0.3 is 0 Å². The summed E-state index contributed by atoms with van der Waals surface area (Å²) in [6.45, 7) is 6.79. The van der Waals surface area contributed by atoms with E-state index in [-0.39, 0.29) is 0 Å². The molecule has 0 spiro atoms. The van der Waals surface area contributed by atoms with Gasteiger partial charge in [-0.3, -0.25) is 4.99 Å². The van der Waals surface area contributed by atoms with Crippen LogP contribution in [-0.2, 0) is 0 Å². The number of rotatable bonds is 11. The maximum absolute atomic E-state index is 5.42. The molecule has 0 fully saturated rings. The quantitative estimate of drug-likeness (QED) is 0.0916. The van der Waals surface area contributed by atoms with Crippen LogP contribution in [0.1, 0.15) is 23.6 Å². The Morgan fingerprint density at radius 3 is 0.951 bits per heavy atom. The summed E-state index contributed by atoms with van der Waals surface area (Å²) in [4.78, 5) is 5.42. The minimum absolute atomic E-state index is 0.848. The van der Waals surface area contributed by atoms with Crippen LogP contribution in [0.4, 0.5) is 0 Å². The number of hydrogen-bond acceptors (Lipinski definition) is 1. The topological polar surface area (TPSA) is 12.4 Å². The van der Waals surface area contributed by atoms with Crippen LogP contribution in [0.2, 0.25) is 0 Å². The predicted octanol–water partition coefficient (Wildman–Crippen LogP) is 16.3. The van der Waals surface area contributed by atoms with Crippen molar-refractivity contribution in [1.29, 1.82) is 0 Å². The van der Waals surface area contributed by atoms with Crippen molar-refractivity contribution in [3.63, 3.8) is 0 Å². The molecule has 9 aromatic rings. The second-order valence-corrected chi connectivity index (χ2v) is 15.3. The molecule has 0 amide bonds. The van der Waals surface area contributed by atoms with Gasteiger partial charge >= 0.3 is 0 Å². The smallest absolute Gasteiger partial charge is 0.0711 e. The Hall–Kier alpha value is -7.87. The molecule has 0 aliphatic carbocycles. The summed E-state index contributed by atoms with van der Waals surface area (Å²) in [6.07, 6.45) is 2.13. The van der Waals surface area contributed by atoms with E-state index in [4.69, 9.17) is 4.99 Å². The lowest BCUT2D eigenvalue weighted by Crippen LogP contribution is -1.98. The van der Waals surface area contributed by atoms with Crippen LogP contribution in [0, 0.1) is 0 Å². The van der Waals surface area contributed by atoms with Gasteiger partial charge in [0.1, 0.15) is 0 Å². The van der Waals surface area contributed by atoms with Crippen molar-refractivity contribution in [3.8, 4) is 66.8 Å². The first-order valence-corrected chi connectivity index (χ1v) is 20.8. The summed E-state index contributed by atoms with van der Waals surface area (Å²) >= 11 is 0. The molecule has 0 saturated carbocycles. The molecule has 0 aliphatic rings. The van der Waals surface area contributed by atoms with Crippen LogP contribution in [-0.4, -0.2) is 5.71 Å². The van der Waals surface area contributed by atoms with E-state index in [0.29, 0.717) is 0 Å². The summed E-state index contributed by atoms with van der Waals surface area (Å²) in [5, 5.41) is 0. The van der Waals surface area contributed by atoms with Crippen LogP contribution in [0.15, 0.2) is 254 Å². The zero-order chi connectivity index (χ0) is 41.4. The monoisotopic (exact) mass is 779 g/mol. The van der Waals surface area contributed by atoms with Gasteiger partial charge in [0.25, 0.3) is 0 Å². The van der Waals surface area contributed by atoms with Gasteiger partial charge in [-0.2, -0.15) is 0 Å². The molecule has 61 heavy (non-hydrogen) atoms. The van der Waals surface area contributed by atoms with Gasteiger partial charge in [0.15, 0.2) is 0 Å². The maximum atomic E-state index is 5.42. The Labute approximate surface area is 360 Å². The lowest BCUT2D eigenvalue weighted by Gasteiger charge is -2.14. The second kappa shape index (κ2) is 18.0. The molecule has 0 atom stereocenters. The highest BCUT2D eigenvalue weighted by Gasteiger charge is 2.13. The fraction of sp³-hybridized carbons (Fsp3) is 0.0167. The van der Waals surface area contributed by atoms with Gasteiger partial charge in [-0.15, -0.1) is 0 Å². The molecule has 0 unspecified atom stereocenters. The van der Waals surface area contributed by atoms with Gasteiger partial charge in [0, 0.05) is 11.3 Å². The Morgan fingerprint density at radius 1 is 0.311 bits per heavy atom. The first-order chi connectivity index (χ1) is 30.0. The largest absolute Gasteiger partial charge is 0.252 e. The van der Waals surface area contributed by atoms with E-state index in [0.717, 1.165) is 78.2 Å². The Kier molecular flexibility index (Phi) is 11.4. The molecule has 0 heterocycles. The molecule has 9 aromatic carbocycles. The first-order valence-electron chi connectivity index (χ1n) is 20.8. The van der Waals surface area contributed by atoms with E-state index >= 15 is 0 Å². The van der Waals surface area contributed by atoms with Crippen LogP contribution in [0.5, 0.6) is 0 Å². The molecular weight excluding hydrogens is 735 g/mol. The zero-order valence-electron chi connectivity index (χ0n) is 34.2. The molecule has 290 valence electrons. The van der Waals surface area contributed by atoms with E-state index < -0.39 is 0 Å². The number of hydrogen-bond donors (Lipinski definition) is 0. The standard InChI is InChI=1S/C60H45N/c1-43(54-37-56(47-22-12-5-13-23-47)41-57(38-54)51-32-28-49(29-33-51)45-18-8-3-9-19-45)36-60(53-26-16-7-17-27-53)61-44(2)55-39-58(48-24-14-6-15-25-48)42-59(40-55)52-34-30-50(31-35-52)46-20-10-4-11-21-46/h3-42H,1H2,2H3/b60-36-,61-44+. The molecular formula is C60H45N. The van der Waals surface area contributed by atoms with Gasteiger partial charge in [-0.05, 0) is 133 Å². The van der Waals surface area contributed by atoms with Crippen molar-refractivity contribution in [2.45, 2.75) is 6.92 Å². The van der Waals surface area contributed by atoms with Gasteiger partial charge in [-0.1, -0.05) is 207 Å². The van der Waals surface area contributed by atoms with E-state index in [1.165, 1.54) is 22.3 Å². The number of nitrogens with zero attached hydrogens (tertiary/aromatic N) is 1. The average Bonchev–Trinajstić information content (AvgIpc) is 3.35. The third kappa shape index (κ3) is 9.08. The van der Waals surface area contributed by atoms with E-state index in [1.54, 1.807) is 0 Å². The van der Waals surface area contributed by atoms with E-state index in [1.807, 2.05) is 6.07 Å². The van der Waals surface area contributed by atoms with Gasteiger partial charge in [0.05, 0.1) is 5.70 Å². The fourth-order valence-electron chi connectivity index (χ4n) is 7.83. The third-order valence-corrected chi connectivity index (χ3v) is 11.2. The van der Waals surface area contributed by atoms with Crippen LogP contribution in [0.3, 0.4) is 0 Å². The summed E-state index contributed by atoms with van der Waals surface area (Å²) in [6, 6.07) is 83.9. The number of allylic oxidation sites excluding steroid dienone is 2. The Balaban J connectivity index is 1.12. The van der Waals surface area contributed by atoms with Crippen molar-refractivity contribution < 1.29 is 0 Å².